The number of urea groups is 1. The number of imide groups is 1. The molecule has 1 aliphatic rings. The number of primary amides is 1. The molecule has 1 aromatic rings. The molecule has 0 aliphatic carbocycles. The third-order valence-electron chi connectivity index (χ3n) is 3.49. The van der Waals surface area contributed by atoms with E-state index in [1.165, 1.54) is 0 Å². The summed E-state index contributed by atoms with van der Waals surface area (Å²) in [7, 11) is 0. The number of nitrogens with one attached hydrogen (secondary N) is 1. The Hall–Kier alpha value is -2.37. The van der Waals surface area contributed by atoms with E-state index >= 15 is 0 Å². The van der Waals surface area contributed by atoms with Gasteiger partial charge in [0.25, 0.3) is 5.91 Å². The van der Waals surface area contributed by atoms with Crippen molar-refractivity contribution in [3.05, 3.63) is 35.4 Å². The Morgan fingerprint density at radius 1 is 1.30 bits per heavy atom. The van der Waals surface area contributed by atoms with Crippen LogP contribution in [-0.2, 0) is 15.1 Å². The van der Waals surface area contributed by atoms with Gasteiger partial charge in [-0.2, -0.15) is 0 Å². The van der Waals surface area contributed by atoms with Gasteiger partial charge in [0.15, 0.2) is 0 Å². The number of nitrogens with zero attached hydrogens (tertiary/aromatic N) is 1. The molecule has 1 heterocycles. The van der Waals surface area contributed by atoms with E-state index in [2.05, 4.69) is 5.32 Å². The Balaban J connectivity index is 2.25. The number of carbonyl (C=O) groups excluding carboxylic acids is 3. The lowest BCUT2D eigenvalue weighted by molar-refractivity contribution is -0.131. The van der Waals surface area contributed by atoms with Gasteiger partial charge >= 0.3 is 6.03 Å². The molecular formula is C14H17N3O3. The maximum Gasteiger partial charge on any atom is 0.325 e. The number of nitrogens with two attached hydrogens (primary N) is 1. The average molecular weight is 275 g/mol. The molecule has 0 aromatic heterocycles. The lowest BCUT2D eigenvalue weighted by Crippen LogP contribution is -2.41. The summed E-state index contributed by atoms with van der Waals surface area (Å²) in [6, 6.07) is 6.88. The van der Waals surface area contributed by atoms with Gasteiger partial charge in [0.2, 0.25) is 5.91 Å². The number of amides is 4. The topological polar surface area (TPSA) is 92.5 Å². The molecule has 1 aromatic carbocycles. The van der Waals surface area contributed by atoms with Crippen LogP contribution in [-0.4, -0.2) is 29.3 Å². The first kappa shape index (κ1) is 14.0. The Morgan fingerprint density at radius 2 is 1.90 bits per heavy atom. The van der Waals surface area contributed by atoms with Crippen molar-refractivity contribution in [1.29, 1.82) is 0 Å². The zero-order valence-corrected chi connectivity index (χ0v) is 11.5. The van der Waals surface area contributed by atoms with Gasteiger partial charge in [0.05, 0.1) is 0 Å². The summed E-state index contributed by atoms with van der Waals surface area (Å²) in [5.41, 5.74) is 5.73. The fourth-order valence-electron chi connectivity index (χ4n) is 2.20. The summed E-state index contributed by atoms with van der Waals surface area (Å²) in [6.45, 7) is 3.60. The van der Waals surface area contributed by atoms with Crippen LogP contribution >= 0.6 is 0 Å². The number of aryl methyl sites for hydroxylation is 1. The molecule has 2 rings (SSSR count). The molecule has 1 saturated heterocycles. The first-order valence-electron chi connectivity index (χ1n) is 6.34. The Morgan fingerprint density at radius 3 is 2.45 bits per heavy atom. The molecule has 0 radical (unpaired) electrons. The average Bonchev–Trinajstić information content (AvgIpc) is 2.59. The molecule has 4 amide bonds. The second kappa shape index (κ2) is 4.96. The number of benzene rings is 1. The molecule has 1 fully saturated rings. The van der Waals surface area contributed by atoms with E-state index in [4.69, 9.17) is 5.73 Å². The second-order valence-corrected chi connectivity index (χ2v) is 5.09. The zero-order valence-electron chi connectivity index (χ0n) is 11.5. The number of hydrogen-bond donors (Lipinski definition) is 2. The highest BCUT2D eigenvalue weighted by atomic mass is 16.2. The van der Waals surface area contributed by atoms with Crippen molar-refractivity contribution >= 4 is 17.8 Å². The highest BCUT2D eigenvalue weighted by Gasteiger charge is 2.48. The van der Waals surface area contributed by atoms with Crippen molar-refractivity contribution in [2.24, 2.45) is 5.73 Å². The van der Waals surface area contributed by atoms with Gasteiger partial charge in [-0.3, -0.25) is 14.5 Å². The van der Waals surface area contributed by atoms with Crippen molar-refractivity contribution in [2.45, 2.75) is 25.8 Å². The Labute approximate surface area is 116 Å². The predicted molar refractivity (Wildman–Crippen MR) is 72.6 cm³/mol. The first-order chi connectivity index (χ1) is 9.34. The normalized spacial score (nSPS) is 22.0. The van der Waals surface area contributed by atoms with E-state index in [0.717, 1.165) is 10.5 Å². The molecular weight excluding hydrogens is 258 g/mol. The van der Waals surface area contributed by atoms with E-state index < -0.39 is 17.5 Å². The number of hydrogen-bond acceptors (Lipinski definition) is 3. The minimum Gasteiger partial charge on any atom is -0.370 e. The summed E-state index contributed by atoms with van der Waals surface area (Å²) in [4.78, 5) is 36.1. The van der Waals surface area contributed by atoms with Crippen LogP contribution in [0.5, 0.6) is 0 Å². The molecule has 6 heteroatoms. The molecule has 0 bridgehead atoms. The fourth-order valence-corrected chi connectivity index (χ4v) is 2.20. The van der Waals surface area contributed by atoms with Crippen molar-refractivity contribution < 1.29 is 14.4 Å². The first-order valence-corrected chi connectivity index (χ1v) is 6.34. The highest BCUT2D eigenvalue weighted by Crippen LogP contribution is 2.28. The summed E-state index contributed by atoms with van der Waals surface area (Å²) in [5.74, 6) is -0.915. The summed E-state index contributed by atoms with van der Waals surface area (Å²) in [6.07, 6.45) is -0.0386. The monoisotopic (exact) mass is 275 g/mol. The van der Waals surface area contributed by atoms with Crippen LogP contribution in [0.4, 0.5) is 4.79 Å². The van der Waals surface area contributed by atoms with Crippen LogP contribution in [0.3, 0.4) is 0 Å². The smallest absolute Gasteiger partial charge is 0.325 e. The van der Waals surface area contributed by atoms with Crippen molar-refractivity contribution in [2.75, 3.05) is 6.54 Å². The molecule has 0 unspecified atom stereocenters. The molecule has 1 aliphatic heterocycles. The van der Waals surface area contributed by atoms with Gasteiger partial charge in [-0.1, -0.05) is 29.8 Å². The van der Waals surface area contributed by atoms with Gasteiger partial charge < -0.3 is 11.1 Å². The molecule has 20 heavy (non-hydrogen) atoms. The van der Waals surface area contributed by atoms with E-state index in [1.807, 2.05) is 31.2 Å². The van der Waals surface area contributed by atoms with Crippen LogP contribution < -0.4 is 11.1 Å². The van der Waals surface area contributed by atoms with Crippen LogP contribution in [0, 0.1) is 6.92 Å². The Kier molecular flexibility index (Phi) is 3.48. The molecule has 3 N–H and O–H groups in total. The molecule has 1 atom stereocenters. The van der Waals surface area contributed by atoms with Crippen molar-refractivity contribution in [3.8, 4) is 0 Å². The van der Waals surface area contributed by atoms with Gasteiger partial charge in [-0.15, -0.1) is 0 Å². The van der Waals surface area contributed by atoms with Crippen molar-refractivity contribution in [1.82, 2.24) is 10.2 Å². The van der Waals surface area contributed by atoms with E-state index in [1.54, 1.807) is 6.92 Å². The van der Waals surface area contributed by atoms with Gasteiger partial charge in [0, 0.05) is 13.0 Å². The van der Waals surface area contributed by atoms with Gasteiger partial charge in [0.1, 0.15) is 5.54 Å². The minimum atomic E-state index is -1.09. The largest absolute Gasteiger partial charge is 0.370 e. The molecule has 0 spiro atoms. The number of carbonyl (C=O) groups is 3. The van der Waals surface area contributed by atoms with Crippen LogP contribution in [0.15, 0.2) is 24.3 Å². The van der Waals surface area contributed by atoms with Crippen molar-refractivity contribution in [3.63, 3.8) is 0 Å². The standard InChI is InChI=1S/C14H17N3O3/c1-9-3-5-10(6-4-9)14(2)12(19)17(13(20)16-14)8-7-11(15)18/h3-6H,7-8H2,1-2H3,(H2,15,18)(H,16,20)/t14-/m1/s1. The third kappa shape index (κ3) is 2.36. The Bertz CT molecular complexity index is 568. The zero-order chi connectivity index (χ0) is 14.9. The van der Waals surface area contributed by atoms with E-state index in [-0.39, 0.29) is 18.9 Å². The lowest BCUT2D eigenvalue weighted by Gasteiger charge is -2.22. The summed E-state index contributed by atoms with van der Waals surface area (Å²) < 4.78 is 0. The van der Waals surface area contributed by atoms with Gasteiger partial charge in [-0.25, -0.2) is 4.79 Å². The highest BCUT2D eigenvalue weighted by molar-refractivity contribution is 6.07. The molecule has 0 saturated carbocycles. The van der Waals surface area contributed by atoms with E-state index in [9.17, 15) is 14.4 Å². The summed E-state index contributed by atoms with van der Waals surface area (Å²) in [5, 5.41) is 2.67. The number of rotatable bonds is 4. The quantitative estimate of drug-likeness (QED) is 0.790. The lowest BCUT2D eigenvalue weighted by atomic mass is 9.91. The van der Waals surface area contributed by atoms with Crippen LogP contribution in [0.25, 0.3) is 0 Å². The SMILES string of the molecule is Cc1ccc([C@@]2(C)NC(=O)N(CCC(N)=O)C2=O)cc1. The summed E-state index contributed by atoms with van der Waals surface area (Å²) >= 11 is 0. The van der Waals surface area contributed by atoms with Crippen LogP contribution in [0.1, 0.15) is 24.5 Å². The predicted octanol–water partition coefficient (Wildman–Crippen LogP) is 0.637. The van der Waals surface area contributed by atoms with Gasteiger partial charge in [-0.05, 0) is 19.4 Å². The molecule has 6 nitrogen and oxygen atoms in total. The second-order valence-electron chi connectivity index (χ2n) is 5.09. The van der Waals surface area contributed by atoms with Crippen LogP contribution in [0.2, 0.25) is 0 Å². The fraction of sp³-hybridized carbons (Fsp3) is 0.357. The third-order valence-corrected chi connectivity index (χ3v) is 3.49. The van der Waals surface area contributed by atoms with E-state index in [0.29, 0.717) is 5.56 Å². The maximum absolute atomic E-state index is 12.4. The minimum absolute atomic E-state index is 0.00144. The molecule has 106 valence electrons. The maximum atomic E-state index is 12.4.